The second-order valence-corrected chi connectivity index (χ2v) is 7.97. The molecule has 1 unspecified atom stereocenters. The number of amides is 1. The molecule has 5 nitrogen and oxygen atoms in total. The van der Waals surface area contributed by atoms with Gasteiger partial charge in [0.15, 0.2) is 0 Å². The Kier molecular flexibility index (Phi) is 5.94. The molecule has 4 rings (SSSR count). The molecule has 0 aliphatic carbocycles. The van der Waals surface area contributed by atoms with Crippen molar-refractivity contribution >= 4 is 28.6 Å². The van der Waals surface area contributed by atoms with E-state index in [0.717, 1.165) is 36.9 Å². The maximum absolute atomic E-state index is 12.6. The third kappa shape index (κ3) is 4.44. The molecule has 3 aromatic rings. The van der Waals surface area contributed by atoms with Gasteiger partial charge >= 0.3 is 0 Å². The van der Waals surface area contributed by atoms with E-state index < -0.39 is 0 Å². The number of hydrogen-bond acceptors (Lipinski definition) is 6. The SMILES string of the molecule is O=C(NCC(c1ccccc1)N1CCOCC1)c1csc(-c2ccsc2)n1. The van der Waals surface area contributed by atoms with Gasteiger partial charge in [0.05, 0.1) is 19.3 Å². The number of rotatable bonds is 6. The van der Waals surface area contributed by atoms with Crippen molar-refractivity contribution in [3.8, 4) is 10.6 Å². The minimum absolute atomic E-state index is 0.123. The fourth-order valence-electron chi connectivity index (χ4n) is 3.20. The molecule has 1 amide bonds. The van der Waals surface area contributed by atoms with Crippen molar-refractivity contribution in [2.45, 2.75) is 6.04 Å². The molecular formula is C20H21N3O2S2. The summed E-state index contributed by atoms with van der Waals surface area (Å²) in [5.74, 6) is -0.123. The van der Waals surface area contributed by atoms with Crippen LogP contribution in [0, 0.1) is 0 Å². The van der Waals surface area contributed by atoms with Gasteiger partial charge in [0.1, 0.15) is 10.7 Å². The number of thiophene rings is 1. The quantitative estimate of drug-likeness (QED) is 0.687. The second kappa shape index (κ2) is 8.75. The largest absolute Gasteiger partial charge is 0.379 e. The maximum Gasteiger partial charge on any atom is 0.270 e. The smallest absolute Gasteiger partial charge is 0.270 e. The van der Waals surface area contributed by atoms with Crippen molar-refractivity contribution in [1.29, 1.82) is 0 Å². The average Bonchev–Trinajstić information content (AvgIpc) is 3.41. The number of thiazole rings is 1. The van der Waals surface area contributed by atoms with E-state index in [-0.39, 0.29) is 11.9 Å². The molecule has 1 saturated heterocycles. The number of carbonyl (C=O) groups excluding carboxylic acids is 1. The fourth-order valence-corrected chi connectivity index (χ4v) is 4.71. The standard InChI is InChI=1S/C20H21N3O2S2/c24-19(17-14-27-20(22-17)16-6-11-26-13-16)21-12-18(15-4-2-1-3-5-15)23-7-9-25-10-8-23/h1-6,11,13-14,18H,7-10,12H2,(H,21,24). The molecule has 1 aliphatic heterocycles. The van der Waals surface area contributed by atoms with E-state index in [1.165, 1.54) is 16.9 Å². The van der Waals surface area contributed by atoms with Crippen LogP contribution in [0.5, 0.6) is 0 Å². The van der Waals surface area contributed by atoms with E-state index in [0.29, 0.717) is 12.2 Å². The highest BCUT2D eigenvalue weighted by molar-refractivity contribution is 7.14. The number of nitrogens with one attached hydrogen (secondary N) is 1. The van der Waals surface area contributed by atoms with Gasteiger partial charge in [-0.05, 0) is 17.0 Å². The Bertz CT molecular complexity index is 859. The molecule has 1 atom stereocenters. The Hall–Kier alpha value is -2.06. The fraction of sp³-hybridized carbons (Fsp3) is 0.300. The van der Waals surface area contributed by atoms with Gasteiger partial charge in [-0.15, -0.1) is 11.3 Å². The number of nitrogens with zero attached hydrogens (tertiary/aromatic N) is 2. The zero-order chi connectivity index (χ0) is 18.5. The lowest BCUT2D eigenvalue weighted by Crippen LogP contribution is -2.43. The third-order valence-electron chi connectivity index (χ3n) is 4.63. The number of ether oxygens (including phenoxy) is 1. The highest BCUT2D eigenvalue weighted by atomic mass is 32.1. The first-order chi connectivity index (χ1) is 13.3. The highest BCUT2D eigenvalue weighted by Gasteiger charge is 2.23. The number of aromatic nitrogens is 1. The van der Waals surface area contributed by atoms with Crippen molar-refractivity contribution < 1.29 is 9.53 Å². The molecule has 0 spiro atoms. The Morgan fingerprint density at radius 1 is 1.19 bits per heavy atom. The van der Waals surface area contributed by atoms with Gasteiger partial charge in [0, 0.05) is 36.0 Å². The molecule has 0 bridgehead atoms. The summed E-state index contributed by atoms with van der Waals surface area (Å²) >= 11 is 3.13. The van der Waals surface area contributed by atoms with Crippen molar-refractivity contribution in [1.82, 2.24) is 15.2 Å². The topological polar surface area (TPSA) is 54.5 Å². The predicted molar refractivity (Wildman–Crippen MR) is 109 cm³/mol. The average molecular weight is 400 g/mol. The van der Waals surface area contributed by atoms with Crippen LogP contribution in [0.25, 0.3) is 10.6 Å². The minimum atomic E-state index is -0.123. The lowest BCUT2D eigenvalue weighted by Gasteiger charge is -2.34. The van der Waals surface area contributed by atoms with E-state index >= 15 is 0 Å². The molecule has 1 N–H and O–H groups in total. The van der Waals surface area contributed by atoms with E-state index in [4.69, 9.17) is 4.74 Å². The molecule has 0 radical (unpaired) electrons. The van der Waals surface area contributed by atoms with Gasteiger partial charge in [-0.25, -0.2) is 4.98 Å². The van der Waals surface area contributed by atoms with Crippen molar-refractivity contribution in [2.75, 3.05) is 32.8 Å². The summed E-state index contributed by atoms with van der Waals surface area (Å²) in [6.07, 6.45) is 0. The van der Waals surface area contributed by atoms with Gasteiger partial charge in [-0.1, -0.05) is 30.3 Å². The molecule has 1 fully saturated rings. The van der Waals surface area contributed by atoms with Crippen molar-refractivity contribution in [3.05, 3.63) is 63.8 Å². The molecule has 3 heterocycles. The molecule has 1 aromatic carbocycles. The molecule has 1 aliphatic rings. The van der Waals surface area contributed by atoms with Crippen LogP contribution in [0.1, 0.15) is 22.1 Å². The van der Waals surface area contributed by atoms with Crippen LogP contribution in [-0.4, -0.2) is 48.6 Å². The van der Waals surface area contributed by atoms with Gasteiger partial charge in [-0.2, -0.15) is 11.3 Å². The normalized spacial score (nSPS) is 16.1. The first-order valence-corrected chi connectivity index (χ1v) is 10.8. The zero-order valence-electron chi connectivity index (χ0n) is 14.8. The monoisotopic (exact) mass is 399 g/mol. The first-order valence-electron chi connectivity index (χ1n) is 8.94. The third-order valence-corrected chi connectivity index (χ3v) is 6.21. The van der Waals surface area contributed by atoms with Crippen molar-refractivity contribution in [3.63, 3.8) is 0 Å². The van der Waals surface area contributed by atoms with Crippen LogP contribution in [0.2, 0.25) is 0 Å². The predicted octanol–water partition coefficient (Wildman–Crippen LogP) is 3.67. The Morgan fingerprint density at radius 3 is 2.74 bits per heavy atom. The van der Waals surface area contributed by atoms with Crippen LogP contribution in [0.3, 0.4) is 0 Å². The molecule has 0 saturated carbocycles. The van der Waals surface area contributed by atoms with E-state index in [9.17, 15) is 4.79 Å². The van der Waals surface area contributed by atoms with Gasteiger partial charge < -0.3 is 10.1 Å². The van der Waals surface area contributed by atoms with Crippen LogP contribution in [0.15, 0.2) is 52.5 Å². The number of carbonyl (C=O) groups is 1. The lowest BCUT2D eigenvalue weighted by molar-refractivity contribution is 0.0162. The van der Waals surface area contributed by atoms with Crippen LogP contribution >= 0.6 is 22.7 Å². The van der Waals surface area contributed by atoms with E-state index in [2.05, 4.69) is 27.3 Å². The Balaban J connectivity index is 1.45. The zero-order valence-corrected chi connectivity index (χ0v) is 16.5. The number of hydrogen-bond donors (Lipinski definition) is 1. The molecule has 2 aromatic heterocycles. The summed E-state index contributed by atoms with van der Waals surface area (Å²) in [4.78, 5) is 19.5. The summed E-state index contributed by atoms with van der Waals surface area (Å²) in [5, 5.41) is 9.85. The second-order valence-electron chi connectivity index (χ2n) is 6.33. The van der Waals surface area contributed by atoms with Crippen molar-refractivity contribution in [2.24, 2.45) is 0 Å². The summed E-state index contributed by atoms with van der Waals surface area (Å²) in [7, 11) is 0. The van der Waals surface area contributed by atoms with Crippen LogP contribution in [-0.2, 0) is 4.74 Å². The van der Waals surface area contributed by atoms with Crippen LogP contribution < -0.4 is 5.32 Å². The summed E-state index contributed by atoms with van der Waals surface area (Å²) < 4.78 is 5.48. The van der Waals surface area contributed by atoms with E-state index in [1.54, 1.807) is 11.3 Å². The van der Waals surface area contributed by atoms with Gasteiger partial charge in [0.2, 0.25) is 0 Å². The maximum atomic E-state index is 12.6. The number of morpholine rings is 1. The number of benzene rings is 1. The molecular weight excluding hydrogens is 378 g/mol. The lowest BCUT2D eigenvalue weighted by atomic mass is 10.0. The molecule has 140 valence electrons. The Morgan fingerprint density at radius 2 is 2.00 bits per heavy atom. The Labute approximate surface area is 166 Å². The van der Waals surface area contributed by atoms with Gasteiger partial charge in [0.25, 0.3) is 5.91 Å². The van der Waals surface area contributed by atoms with Gasteiger partial charge in [-0.3, -0.25) is 9.69 Å². The highest BCUT2D eigenvalue weighted by Crippen LogP contribution is 2.26. The summed E-state index contributed by atoms with van der Waals surface area (Å²) in [6, 6.07) is 12.5. The van der Waals surface area contributed by atoms with E-state index in [1.807, 2.05) is 40.4 Å². The molecule has 27 heavy (non-hydrogen) atoms. The first kappa shape index (κ1) is 18.3. The summed E-state index contributed by atoms with van der Waals surface area (Å²) in [5.41, 5.74) is 2.76. The minimum Gasteiger partial charge on any atom is -0.379 e. The molecule has 7 heteroatoms. The van der Waals surface area contributed by atoms with Crippen LogP contribution in [0.4, 0.5) is 0 Å². The summed E-state index contributed by atoms with van der Waals surface area (Å²) in [6.45, 7) is 3.75.